The van der Waals surface area contributed by atoms with Gasteiger partial charge in [-0.3, -0.25) is 38.4 Å². The fourth-order valence-corrected chi connectivity index (χ4v) is 18.9. The number of amides is 1. The maximum Gasteiger partial charge on any atom is 0.340 e. The first kappa shape index (κ1) is 92.5. The first-order valence-corrected chi connectivity index (χ1v) is 41.5. The predicted molar refractivity (Wildman–Crippen MR) is 423 cm³/mol. The Morgan fingerprint density at radius 1 is 0.754 bits per heavy atom. The largest absolute Gasteiger partial charge is 0.504 e. The number of hydrogen-bond acceptors (Lipinski definition) is 25. The standard InChI is InChI=1S/C88H131N3O23/c1-51-28-21-20-22-29-52(2)66(106-15)46-60-35-33-57(7)88(104,114-60)82(100)83(101)91-41-26-25-30-63(91)85(103)111-67(47-64(93)53(3)43-56(6)78(97)81(108-17)77(96)55(5)42-51)54(4)44-59-34-37-65(68(45-59)107-16)110-72(94)31-23-18-19-24-32-73(95)112-70-38-36-62-74-76(69(109-58(8)92)48-86(62,70)9)87(10)71(50-105-14)113-84(102)61(75(87)80(99)79(74)98)49-90(13)40-27-39-89(11)12/h20-22,28-29,43,49,51,53-55,57,59-60,62-63,65-71,78,81,97,99,104H,18-19,23-27,30-42,44-48,50H2,1-17H3/b22-20+,28-21+,52-29+,56-43+,61-49+/t51-,53-,54-,55-,57-,59+,60+,62+,63+,65-,66+,67+,68-,69-,70+,71-,78-,81+,86+,87+,88-/m1/s1. The lowest BCUT2D eigenvalue weighted by Crippen LogP contribution is -2.61. The van der Waals surface area contributed by atoms with E-state index in [1.165, 1.54) is 26.0 Å². The van der Waals surface area contributed by atoms with Gasteiger partial charge in [-0.05, 0) is 185 Å². The molecule has 0 radical (unpaired) electrons. The van der Waals surface area contributed by atoms with E-state index >= 15 is 0 Å². The summed E-state index contributed by atoms with van der Waals surface area (Å²) < 4.78 is 60.4. The maximum absolute atomic E-state index is 14.9. The monoisotopic (exact) mass is 1600 g/mol. The third-order valence-electron chi connectivity index (χ3n) is 25.6. The van der Waals surface area contributed by atoms with Gasteiger partial charge >= 0.3 is 29.8 Å². The summed E-state index contributed by atoms with van der Waals surface area (Å²) in [7, 11) is 11.7. The van der Waals surface area contributed by atoms with E-state index in [1.807, 2.05) is 82.0 Å². The highest BCUT2D eigenvalue weighted by atomic mass is 16.6. The van der Waals surface area contributed by atoms with Crippen LogP contribution in [-0.2, 0) is 95.3 Å². The zero-order chi connectivity index (χ0) is 83.8. The molecule has 0 spiro atoms. The molecule has 5 fully saturated rings. The first-order chi connectivity index (χ1) is 54.0. The number of fused-ring (bicyclic) bond motifs is 7. The van der Waals surface area contributed by atoms with E-state index in [0.717, 1.165) is 18.5 Å². The molecule has 3 N–H and O–H groups in total. The second kappa shape index (κ2) is 41.4. The summed E-state index contributed by atoms with van der Waals surface area (Å²) in [6, 6.07) is -1.23. The average molecular weight is 1600 g/mol. The molecule has 0 unspecified atom stereocenters. The SMILES string of the molecule is COC[C@H]1OC(=O)/C(=C/N(C)CCCN(C)C)C2=C(O)C(=O)C3=C([C@H](OC(C)=O)C[C@]4(C)[C@@H](OC(=O)CCCCCCC(=O)O[C@@H]5CC[C@@H](C[C@@H](C)[C@@H]6CC(=O)[C@H](C)/C=C(\C)[C@@H](O)[C@@H](OC)C(=O)[C@H](C)C[C@H](C)/C=C/C=C/C=C(\C)[C@@H](OC)C[C@@H]7CC[C@@H](C)[C@@](O)(O7)C(=O)C(=O)N7CCCC[C@H]7C(=O)O6)C[C@H]5OC)CC[C@@H]34)[C@]21C. The molecule has 3 saturated heterocycles. The fourth-order valence-electron chi connectivity index (χ4n) is 18.9. The van der Waals surface area contributed by atoms with Crippen LogP contribution in [0.15, 0.2) is 81.9 Å². The van der Waals surface area contributed by atoms with Crippen LogP contribution in [-0.4, -0.2) is 238 Å². The zero-order valence-electron chi connectivity index (χ0n) is 70.7. The molecule has 2 saturated carbocycles. The average Bonchev–Trinajstić information content (AvgIpc) is 1.16. The second-order valence-electron chi connectivity index (χ2n) is 34.5. The van der Waals surface area contributed by atoms with Gasteiger partial charge in [0.2, 0.25) is 11.6 Å². The Labute approximate surface area is 674 Å². The molecule has 0 aromatic heterocycles. The molecule has 8 rings (SSSR count). The minimum absolute atomic E-state index is 0.0196. The van der Waals surface area contributed by atoms with Crippen molar-refractivity contribution < 1.29 is 111 Å². The molecule has 26 nitrogen and oxygen atoms in total. The first-order valence-electron chi connectivity index (χ1n) is 41.5. The number of hydrogen-bond donors (Lipinski definition) is 3. The van der Waals surface area contributed by atoms with Gasteiger partial charge in [0.1, 0.15) is 54.6 Å². The van der Waals surface area contributed by atoms with Crippen molar-refractivity contribution in [3.05, 3.63) is 81.9 Å². The molecule has 8 aliphatic rings. The lowest BCUT2D eigenvalue weighted by Gasteiger charge is -2.54. The topological polar surface area (TPSA) is 333 Å². The number of carbonyl (C=O) groups is 10. The summed E-state index contributed by atoms with van der Waals surface area (Å²) in [6.07, 6.45) is 12.7. The Bertz CT molecular complexity index is 3680. The Morgan fingerprint density at radius 2 is 1.46 bits per heavy atom. The number of nitrogens with zero attached hydrogens (tertiary/aromatic N) is 3. The number of carbonyl (C=O) groups excluding carboxylic acids is 10. The van der Waals surface area contributed by atoms with Crippen molar-refractivity contribution in [3.63, 3.8) is 0 Å². The minimum atomic E-state index is -2.50. The van der Waals surface area contributed by atoms with Crippen LogP contribution >= 0.6 is 0 Å². The molecule has 26 heteroatoms. The number of cyclic esters (lactones) is 2. The normalized spacial score (nSPS) is 36.1. The number of unbranched alkanes of at least 4 members (excludes halogenated alkanes) is 3. The highest BCUT2D eigenvalue weighted by molar-refractivity contribution is 6.39. The van der Waals surface area contributed by atoms with E-state index in [2.05, 4.69) is 0 Å². The lowest BCUT2D eigenvalue weighted by molar-refractivity contribution is -0.265. The number of ether oxygens (including phenoxy) is 10. The lowest BCUT2D eigenvalue weighted by atomic mass is 9.53. The van der Waals surface area contributed by atoms with E-state index in [9.17, 15) is 63.3 Å². The van der Waals surface area contributed by atoms with Crippen molar-refractivity contribution in [3.8, 4) is 0 Å². The number of aliphatic hydroxyl groups is 3. The number of Topliss-reactive ketones (excluding diaryl/α,β-unsaturated/α-hetero) is 4. The number of methoxy groups -OCH3 is 4. The number of aliphatic hydroxyl groups excluding tert-OH is 2. The van der Waals surface area contributed by atoms with E-state index in [1.54, 1.807) is 68.2 Å². The van der Waals surface area contributed by atoms with Crippen LogP contribution in [0.25, 0.3) is 0 Å². The van der Waals surface area contributed by atoms with Crippen LogP contribution in [0.5, 0.6) is 0 Å². The molecule has 114 heavy (non-hydrogen) atoms. The minimum Gasteiger partial charge on any atom is -0.504 e. The summed E-state index contributed by atoms with van der Waals surface area (Å²) in [5, 5.41) is 36.0. The Balaban J connectivity index is 0.888. The molecule has 0 aromatic carbocycles. The number of allylic oxidation sites excluding steroid dienone is 7. The zero-order valence-corrected chi connectivity index (χ0v) is 70.7. The Kier molecular flexibility index (Phi) is 33.6. The maximum atomic E-state index is 14.9. The summed E-state index contributed by atoms with van der Waals surface area (Å²) in [5.74, 6) is -12.8. The smallest absolute Gasteiger partial charge is 0.340 e. The van der Waals surface area contributed by atoms with Gasteiger partial charge in [-0.25, -0.2) is 9.59 Å². The van der Waals surface area contributed by atoms with Crippen LogP contribution in [0.3, 0.4) is 0 Å². The number of rotatable bonds is 23. The molecule has 0 aromatic rings. The number of ketones is 4. The van der Waals surface area contributed by atoms with Gasteiger partial charge in [-0.15, -0.1) is 0 Å². The molecule has 4 aliphatic heterocycles. The highest BCUT2D eigenvalue weighted by Gasteiger charge is 2.66. The molecule has 1 amide bonds. The van der Waals surface area contributed by atoms with Crippen molar-refractivity contribution >= 4 is 58.9 Å². The summed E-state index contributed by atoms with van der Waals surface area (Å²) in [6.45, 7) is 18.8. The third-order valence-corrected chi connectivity index (χ3v) is 25.6. The Morgan fingerprint density at radius 3 is 2.11 bits per heavy atom. The van der Waals surface area contributed by atoms with Crippen molar-refractivity contribution in [2.75, 3.05) is 75.8 Å². The van der Waals surface area contributed by atoms with Gasteiger partial charge in [-0.2, -0.15) is 0 Å². The molecule has 4 heterocycles. The van der Waals surface area contributed by atoms with Crippen LogP contribution in [0.2, 0.25) is 0 Å². The number of esters is 5. The van der Waals surface area contributed by atoms with E-state index in [4.69, 9.17) is 47.4 Å². The van der Waals surface area contributed by atoms with Gasteiger partial charge in [-0.1, -0.05) is 90.8 Å². The second-order valence-corrected chi connectivity index (χ2v) is 34.5. The Hall–Kier alpha value is -7.04. The van der Waals surface area contributed by atoms with Gasteiger partial charge < -0.3 is 77.4 Å². The molecule has 2 bridgehead atoms. The van der Waals surface area contributed by atoms with Crippen LogP contribution in [0, 0.1) is 52.3 Å². The number of piperidine rings is 1. The van der Waals surface area contributed by atoms with Crippen molar-refractivity contribution in [2.45, 2.75) is 283 Å². The van der Waals surface area contributed by atoms with Crippen LogP contribution in [0.4, 0.5) is 0 Å². The van der Waals surface area contributed by atoms with Crippen molar-refractivity contribution in [2.24, 2.45) is 52.3 Å². The molecule has 21 atom stereocenters. The molecular formula is C88H131N3O23. The fraction of sp³-hybridized carbons (Fsp3) is 0.727. The van der Waals surface area contributed by atoms with Gasteiger partial charge in [0.15, 0.2) is 11.5 Å². The van der Waals surface area contributed by atoms with Gasteiger partial charge in [0.25, 0.3) is 11.7 Å². The van der Waals surface area contributed by atoms with E-state index < -0.39 is 166 Å². The van der Waals surface area contributed by atoms with Crippen LogP contribution in [0.1, 0.15) is 210 Å². The molecular weight excluding hydrogens is 1470 g/mol. The molecule has 636 valence electrons. The third kappa shape index (κ3) is 22.0. The van der Waals surface area contributed by atoms with E-state index in [-0.39, 0.29) is 91.8 Å². The van der Waals surface area contributed by atoms with Crippen molar-refractivity contribution in [1.29, 1.82) is 0 Å². The predicted octanol–water partition coefficient (Wildman–Crippen LogP) is 10.8. The van der Waals surface area contributed by atoms with Crippen LogP contribution < -0.4 is 0 Å². The van der Waals surface area contributed by atoms with Gasteiger partial charge in [0, 0.05) is 122 Å². The quantitative estimate of drug-likeness (QED) is 0.0214. The van der Waals surface area contributed by atoms with Gasteiger partial charge in [0.05, 0.1) is 35.9 Å². The molecule has 4 aliphatic carbocycles. The summed E-state index contributed by atoms with van der Waals surface area (Å²) >= 11 is 0. The van der Waals surface area contributed by atoms with E-state index in [0.29, 0.717) is 114 Å². The van der Waals surface area contributed by atoms with Crippen molar-refractivity contribution in [1.82, 2.24) is 14.7 Å². The summed E-state index contributed by atoms with van der Waals surface area (Å²) in [4.78, 5) is 147. The summed E-state index contributed by atoms with van der Waals surface area (Å²) in [5.41, 5.74) is -0.268. The highest BCUT2D eigenvalue weighted by Crippen LogP contribution is 2.64.